The normalized spacial score (nSPS) is 11.1. The van der Waals surface area contributed by atoms with Gasteiger partial charge >= 0.3 is 0 Å². The van der Waals surface area contributed by atoms with E-state index in [2.05, 4.69) is 36.4 Å². The van der Waals surface area contributed by atoms with Crippen molar-refractivity contribution in [3.8, 4) is 5.13 Å². The van der Waals surface area contributed by atoms with Crippen LogP contribution < -0.4 is 5.32 Å². The summed E-state index contributed by atoms with van der Waals surface area (Å²) in [5.74, 6) is 0.362. The molecule has 0 saturated carbocycles. The molecule has 2 aromatic carbocycles. The Bertz CT molecular complexity index is 1120. The number of fused-ring (bicyclic) bond motifs is 1. The van der Waals surface area contributed by atoms with Gasteiger partial charge in [-0.25, -0.2) is 4.98 Å². The molecular formula is C20H17ClN4OS. The standard InChI is InChI=1S/C20H17ClN4OS/c1-11-8-16-17(9-12(11)2)27-20(22-16)25-18(10-13(3)24-25)23-19(26)14-4-6-15(21)7-5-14/h4-10H,1-3H3,(H,23,26). The number of carbonyl (C=O) groups is 1. The maximum Gasteiger partial charge on any atom is 0.256 e. The Morgan fingerprint density at radius 2 is 1.78 bits per heavy atom. The third-order valence-corrected chi connectivity index (χ3v) is 5.60. The second-order valence-corrected chi connectivity index (χ2v) is 7.89. The summed E-state index contributed by atoms with van der Waals surface area (Å²) < 4.78 is 2.77. The summed E-state index contributed by atoms with van der Waals surface area (Å²) in [5.41, 5.74) is 4.69. The van der Waals surface area contributed by atoms with E-state index in [1.54, 1.807) is 40.3 Å². The number of aryl methyl sites for hydroxylation is 3. The van der Waals surface area contributed by atoms with Gasteiger partial charge in [-0.2, -0.15) is 9.78 Å². The predicted molar refractivity (Wildman–Crippen MR) is 110 cm³/mol. The minimum Gasteiger partial charge on any atom is -0.306 e. The molecule has 0 aliphatic rings. The van der Waals surface area contributed by atoms with Crippen LogP contribution in [0.4, 0.5) is 5.82 Å². The number of hydrogen-bond acceptors (Lipinski definition) is 4. The molecule has 0 fully saturated rings. The molecule has 136 valence electrons. The molecule has 0 aliphatic carbocycles. The Kier molecular flexibility index (Phi) is 4.45. The van der Waals surface area contributed by atoms with Crippen molar-refractivity contribution in [2.24, 2.45) is 0 Å². The third kappa shape index (κ3) is 3.46. The first kappa shape index (κ1) is 17.7. The first-order chi connectivity index (χ1) is 12.9. The highest BCUT2D eigenvalue weighted by Gasteiger charge is 2.16. The lowest BCUT2D eigenvalue weighted by Crippen LogP contribution is -2.15. The highest BCUT2D eigenvalue weighted by molar-refractivity contribution is 7.20. The summed E-state index contributed by atoms with van der Waals surface area (Å²) in [4.78, 5) is 17.3. The molecular weight excluding hydrogens is 380 g/mol. The summed E-state index contributed by atoms with van der Waals surface area (Å²) in [7, 11) is 0. The van der Waals surface area contributed by atoms with E-state index in [0.717, 1.165) is 21.0 Å². The predicted octanol–water partition coefficient (Wildman–Crippen LogP) is 5.31. The van der Waals surface area contributed by atoms with E-state index in [9.17, 15) is 4.79 Å². The lowest BCUT2D eigenvalue weighted by Gasteiger charge is -2.06. The monoisotopic (exact) mass is 396 g/mol. The molecule has 7 heteroatoms. The van der Waals surface area contributed by atoms with Gasteiger partial charge in [0.25, 0.3) is 5.91 Å². The summed E-state index contributed by atoms with van der Waals surface area (Å²) in [6.45, 7) is 6.05. The van der Waals surface area contributed by atoms with Crippen LogP contribution in [-0.4, -0.2) is 20.7 Å². The van der Waals surface area contributed by atoms with E-state index in [4.69, 9.17) is 16.6 Å². The summed E-state index contributed by atoms with van der Waals surface area (Å²) >= 11 is 7.44. The van der Waals surface area contributed by atoms with Crippen LogP contribution in [0.1, 0.15) is 27.2 Å². The SMILES string of the molecule is Cc1cc(NC(=O)c2ccc(Cl)cc2)n(-c2nc3cc(C)c(C)cc3s2)n1. The molecule has 0 spiro atoms. The number of amides is 1. The van der Waals surface area contributed by atoms with Gasteiger partial charge in [0, 0.05) is 16.7 Å². The number of benzene rings is 2. The van der Waals surface area contributed by atoms with E-state index < -0.39 is 0 Å². The van der Waals surface area contributed by atoms with Crippen LogP contribution in [0.2, 0.25) is 5.02 Å². The van der Waals surface area contributed by atoms with E-state index in [1.807, 2.05) is 13.0 Å². The molecule has 0 unspecified atom stereocenters. The topological polar surface area (TPSA) is 59.8 Å². The van der Waals surface area contributed by atoms with Crippen LogP contribution in [0.25, 0.3) is 15.3 Å². The molecule has 4 aromatic rings. The van der Waals surface area contributed by atoms with E-state index in [-0.39, 0.29) is 5.91 Å². The second kappa shape index (κ2) is 6.79. The van der Waals surface area contributed by atoms with Gasteiger partial charge in [-0.1, -0.05) is 22.9 Å². The Balaban J connectivity index is 1.70. The fourth-order valence-corrected chi connectivity index (χ4v) is 3.92. The molecule has 0 atom stereocenters. The quantitative estimate of drug-likeness (QED) is 0.510. The van der Waals surface area contributed by atoms with Crippen LogP contribution >= 0.6 is 22.9 Å². The van der Waals surface area contributed by atoms with Crippen molar-refractivity contribution < 1.29 is 4.79 Å². The smallest absolute Gasteiger partial charge is 0.256 e. The van der Waals surface area contributed by atoms with Crippen LogP contribution in [0.15, 0.2) is 42.5 Å². The minimum atomic E-state index is -0.222. The minimum absolute atomic E-state index is 0.222. The number of nitrogens with zero attached hydrogens (tertiary/aromatic N) is 3. The number of aromatic nitrogens is 3. The van der Waals surface area contributed by atoms with Gasteiger partial charge in [0.15, 0.2) is 0 Å². The first-order valence-corrected chi connectivity index (χ1v) is 9.62. The van der Waals surface area contributed by atoms with E-state index in [0.29, 0.717) is 16.4 Å². The maximum absolute atomic E-state index is 12.6. The second-order valence-electron chi connectivity index (χ2n) is 6.44. The summed E-state index contributed by atoms with van der Waals surface area (Å²) in [5, 5.41) is 8.74. The van der Waals surface area contributed by atoms with Crippen molar-refractivity contribution in [1.29, 1.82) is 0 Å². The lowest BCUT2D eigenvalue weighted by molar-refractivity contribution is 0.102. The number of nitrogens with one attached hydrogen (secondary N) is 1. The van der Waals surface area contributed by atoms with Crippen molar-refractivity contribution in [3.63, 3.8) is 0 Å². The highest BCUT2D eigenvalue weighted by atomic mass is 35.5. The Hall–Kier alpha value is -2.70. The number of carbonyl (C=O) groups excluding carboxylic acids is 1. The van der Waals surface area contributed by atoms with Crippen LogP contribution in [-0.2, 0) is 0 Å². The molecule has 0 aliphatic heterocycles. The Labute approximate surface area is 165 Å². The first-order valence-electron chi connectivity index (χ1n) is 8.42. The highest BCUT2D eigenvalue weighted by Crippen LogP contribution is 2.29. The molecule has 0 saturated heterocycles. The van der Waals surface area contributed by atoms with Crippen molar-refractivity contribution in [1.82, 2.24) is 14.8 Å². The van der Waals surface area contributed by atoms with E-state index >= 15 is 0 Å². The largest absolute Gasteiger partial charge is 0.306 e. The van der Waals surface area contributed by atoms with Crippen molar-refractivity contribution in [2.75, 3.05) is 5.32 Å². The summed E-state index contributed by atoms with van der Waals surface area (Å²) in [6, 6.07) is 12.8. The molecule has 2 aromatic heterocycles. The Morgan fingerprint density at radius 1 is 1.07 bits per heavy atom. The molecule has 1 amide bonds. The average molecular weight is 397 g/mol. The molecule has 0 bridgehead atoms. The van der Waals surface area contributed by atoms with E-state index in [1.165, 1.54) is 11.1 Å². The van der Waals surface area contributed by atoms with Gasteiger partial charge in [0.05, 0.1) is 15.9 Å². The number of rotatable bonds is 3. The van der Waals surface area contributed by atoms with Gasteiger partial charge in [0.1, 0.15) is 5.82 Å². The molecule has 0 radical (unpaired) electrons. The number of anilines is 1. The average Bonchev–Trinajstić information content (AvgIpc) is 3.18. The zero-order chi connectivity index (χ0) is 19.1. The van der Waals surface area contributed by atoms with Crippen LogP contribution in [0, 0.1) is 20.8 Å². The number of halogens is 1. The maximum atomic E-state index is 12.6. The fourth-order valence-electron chi connectivity index (χ4n) is 2.78. The fraction of sp³-hybridized carbons (Fsp3) is 0.150. The zero-order valence-electron chi connectivity index (χ0n) is 15.1. The number of thiazole rings is 1. The van der Waals surface area contributed by atoms with Crippen molar-refractivity contribution >= 4 is 44.9 Å². The molecule has 27 heavy (non-hydrogen) atoms. The van der Waals surface area contributed by atoms with Crippen LogP contribution in [0.3, 0.4) is 0 Å². The van der Waals surface area contributed by atoms with Crippen LogP contribution in [0.5, 0.6) is 0 Å². The van der Waals surface area contributed by atoms with Gasteiger partial charge in [-0.05, 0) is 68.3 Å². The zero-order valence-corrected chi connectivity index (χ0v) is 16.6. The molecule has 2 heterocycles. The lowest BCUT2D eigenvalue weighted by atomic mass is 10.1. The Morgan fingerprint density at radius 3 is 2.52 bits per heavy atom. The van der Waals surface area contributed by atoms with Gasteiger partial charge in [-0.3, -0.25) is 4.79 Å². The van der Waals surface area contributed by atoms with Gasteiger partial charge in [-0.15, -0.1) is 0 Å². The molecule has 4 rings (SSSR count). The summed E-state index contributed by atoms with van der Waals surface area (Å²) in [6.07, 6.45) is 0. The molecule has 1 N–H and O–H groups in total. The van der Waals surface area contributed by atoms with Gasteiger partial charge in [0.2, 0.25) is 5.13 Å². The van der Waals surface area contributed by atoms with Crippen molar-refractivity contribution in [3.05, 3.63) is 69.9 Å². The third-order valence-electron chi connectivity index (χ3n) is 4.35. The van der Waals surface area contributed by atoms with Crippen molar-refractivity contribution in [2.45, 2.75) is 20.8 Å². The van der Waals surface area contributed by atoms with Gasteiger partial charge < -0.3 is 5.32 Å². The number of hydrogen-bond donors (Lipinski definition) is 1. The molecule has 5 nitrogen and oxygen atoms in total.